The molecule has 0 aliphatic carbocycles. The zero-order valence-corrected chi connectivity index (χ0v) is 12.5. The average molecular weight is 275 g/mol. The van der Waals surface area contributed by atoms with Crippen molar-refractivity contribution in [2.24, 2.45) is 5.73 Å². The second-order valence-electron chi connectivity index (χ2n) is 5.65. The maximum absolute atomic E-state index is 12.7. The van der Waals surface area contributed by atoms with E-state index in [2.05, 4.69) is 11.9 Å². The number of hydrogen-bond donors (Lipinski definition) is 1. The maximum atomic E-state index is 12.7. The lowest BCUT2D eigenvalue weighted by atomic mass is 10.00. The first-order valence-electron chi connectivity index (χ1n) is 7.37. The van der Waals surface area contributed by atoms with Crippen LogP contribution in [0.1, 0.15) is 28.8 Å². The molecule has 4 heteroatoms. The number of hydrogen-bond acceptors (Lipinski definition) is 3. The molecule has 0 radical (unpaired) electrons. The van der Waals surface area contributed by atoms with E-state index in [1.165, 1.54) is 0 Å². The van der Waals surface area contributed by atoms with E-state index in [0.717, 1.165) is 43.5 Å². The van der Waals surface area contributed by atoms with Crippen LogP contribution in [-0.2, 0) is 6.42 Å². The van der Waals surface area contributed by atoms with E-state index in [4.69, 9.17) is 5.73 Å². The third-order valence-electron chi connectivity index (χ3n) is 4.22. The van der Waals surface area contributed by atoms with E-state index in [1.807, 2.05) is 36.2 Å². The van der Waals surface area contributed by atoms with Gasteiger partial charge in [0.1, 0.15) is 0 Å². The molecule has 1 heterocycles. The molecule has 0 unspecified atom stereocenters. The number of amides is 1. The molecular weight excluding hydrogens is 250 g/mol. The van der Waals surface area contributed by atoms with Gasteiger partial charge in [0.05, 0.1) is 0 Å². The summed E-state index contributed by atoms with van der Waals surface area (Å²) in [4.78, 5) is 16.9. The molecule has 20 heavy (non-hydrogen) atoms. The number of likely N-dealkylation sites (tertiary alicyclic amines) is 1. The standard InChI is InChI=1S/C16H25N3O/c1-18-11-8-14(9-12-18)19(2)16(20)15-6-4-3-5-13(15)7-10-17/h3-6,14H,7-12,17H2,1-2H3. The van der Waals surface area contributed by atoms with Crippen LogP contribution in [0.2, 0.25) is 0 Å². The summed E-state index contributed by atoms with van der Waals surface area (Å²) in [6.45, 7) is 2.70. The highest BCUT2D eigenvalue weighted by Crippen LogP contribution is 2.18. The predicted octanol–water partition coefficient (Wildman–Crippen LogP) is 1.35. The molecule has 0 aromatic heterocycles. The molecule has 4 nitrogen and oxygen atoms in total. The first-order chi connectivity index (χ1) is 9.63. The molecule has 110 valence electrons. The zero-order chi connectivity index (χ0) is 14.5. The van der Waals surface area contributed by atoms with Crippen molar-refractivity contribution < 1.29 is 4.79 Å². The smallest absolute Gasteiger partial charge is 0.254 e. The maximum Gasteiger partial charge on any atom is 0.254 e. The fourth-order valence-electron chi connectivity index (χ4n) is 2.84. The van der Waals surface area contributed by atoms with Gasteiger partial charge in [0.25, 0.3) is 5.91 Å². The highest BCUT2D eigenvalue weighted by Gasteiger charge is 2.25. The van der Waals surface area contributed by atoms with Crippen LogP contribution in [0.3, 0.4) is 0 Å². The fraction of sp³-hybridized carbons (Fsp3) is 0.562. The second-order valence-corrected chi connectivity index (χ2v) is 5.65. The fourth-order valence-corrected chi connectivity index (χ4v) is 2.84. The molecule has 0 saturated carbocycles. The lowest BCUT2D eigenvalue weighted by molar-refractivity contribution is 0.0658. The first kappa shape index (κ1) is 15.0. The molecule has 0 bridgehead atoms. The Hall–Kier alpha value is -1.39. The van der Waals surface area contributed by atoms with Gasteiger partial charge in [0, 0.05) is 18.7 Å². The molecule has 2 N–H and O–H groups in total. The molecule has 1 saturated heterocycles. The normalized spacial score (nSPS) is 17.1. The van der Waals surface area contributed by atoms with Crippen molar-refractivity contribution in [3.63, 3.8) is 0 Å². The van der Waals surface area contributed by atoms with Crippen molar-refractivity contribution in [1.82, 2.24) is 9.80 Å². The molecule has 1 aromatic rings. The number of piperidine rings is 1. The Kier molecular flexibility index (Phi) is 5.15. The van der Waals surface area contributed by atoms with Crippen molar-refractivity contribution in [2.75, 3.05) is 33.7 Å². The molecule has 0 atom stereocenters. The van der Waals surface area contributed by atoms with E-state index in [0.29, 0.717) is 12.6 Å². The molecule has 1 amide bonds. The molecule has 1 aliphatic heterocycles. The predicted molar refractivity (Wildman–Crippen MR) is 81.8 cm³/mol. The Labute approximate surface area is 121 Å². The van der Waals surface area contributed by atoms with Crippen LogP contribution in [0.15, 0.2) is 24.3 Å². The summed E-state index contributed by atoms with van der Waals surface area (Å²) < 4.78 is 0. The first-order valence-corrected chi connectivity index (χ1v) is 7.37. The van der Waals surface area contributed by atoms with Gasteiger partial charge in [-0.2, -0.15) is 0 Å². The summed E-state index contributed by atoms with van der Waals surface area (Å²) in [7, 11) is 4.06. The number of rotatable bonds is 4. The Morgan fingerprint density at radius 2 is 2.00 bits per heavy atom. The summed E-state index contributed by atoms with van der Waals surface area (Å²) in [5, 5.41) is 0. The Morgan fingerprint density at radius 1 is 1.35 bits per heavy atom. The third kappa shape index (κ3) is 3.38. The van der Waals surface area contributed by atoms with Crippen molar-refractivity contribution in [2.45, 2.75) is 25.3 Å². The minimum atomic E-state index is 0.128. The minimum Gasteiger partial charge on any atom is -0.339 e. The van der Waals surface area contributed by atoms with Crippen LogP contribution in [0.5, 0.6) is 0 Å². The van der Waals surface area contributed by atoms with Crippen molar-refractivity contribution in [3.05, 3.63) is 35.4 Å². The zero-order valence-electron chi connectivity index (χ0n) is 12.5. The van der Waals surface area contributed by atoms with Gasteiger partial charge in [0.15, 0.2) is 0 Å². The van der Waals surface area contributed by atoms with Gasteiger partial charge < -0.3 is 15.5 Å². The lowest BCUT2D eigenvalue weighted by Crippen LogP contribution is -2.44. The van der Waals surface area contributed by atoms with Crippen LogP contribution < -0.4 is 5.73 Å². The summed E-state index contributed by atoms with van der Waals surface area (Å²) >= 11 is 0. The van der Waals surface area contributed by atoms with Crippen molar-refractivity contribution in [3.8, 4) is 0 Å². The van der Waals surface area contributed by atoms with Crippen LogP contribution >= 0.6 is 0 Å². The molecule has 2 rings (SSSR count). The van der Waals surface area contributed by atoms with E-state index < -0.39 is 0 Å². The van der Waals surface area contributed by atoms with Gasteiger partial charge in [-0.3, -0.25) is 4.79 Å². The number of carbonyl (C=O) groups is 1. The van der Waals surface area contributed by atoms with Crippen molar-refractivity contribution in [1.29, 1.82) is 0 Å². The largest absolute Gasteiger partial charge is 0.339 e. The van der Waals surface area contributed by atoms with Crippen LogP contribution in [-0.4, -0.2) is 55.5 Å². The number of nitrogens with two attached hydrogens (primary N) is 1. The van der Waals surface area contributed by atoms with E-state index in [-0.39, 0.29) is 5.91 Å². The molecule has 1 aromatic carbocycles. The summed E-state index contributed by atoms with van der Waals surface area (Å²) in [5.74, 6) is 0.128. The van der Waals surface area contributed by atoms with Crippen LogP contribution in [0.25, 0.3) is 0 Å². The quantitative estimate of drug-likeness (QED) is 0.902. The topological polar surface area (TPSA) is 49.6 Å². The third-order valence-corrected chi connectivity index (χ3v) is 4.22. The van der Waals surface area contributed by atoms with Gasteiger partial charge in [-0.05, 0) is 57.6 Å². The summed E-state index contributed by atoms with van der Waals surface area (Å²) in [6.07, 6.45) is 2.86. The van der Waals surface area contributed by atoms with E-state index >= 15 is 0 Å². The van der Waals surface area contributed by atoms with Gasteiger partial charge in [-0.25, -0.2) is 0 Å². The lowest BCUT2D eigenvalue weighted by Gasteiger charge is -2.35. The SMILES string of the molecule is CN1CCC(N(C)C(=O)c2ccccc2CCN)CC1. The van der Waals surface area contributed by atoms with Gasteiger partial charge in [-0.15, -0.1) is 0 Å². The van der Waals surface area contributed by atoms with Gasteiger partial charge >= 0.3 is 0 Å². The van der Waals surface area contributed by atoms with Gasteiger partial charge in [0.2, 0.25) is 0 Å². The number of nitrogens with zero attached hydrogens (tertiary/aromatic N) is 2. The Bertz CT molecular complexity index is 453. The van der Waals surface area contributed by atoms with Crippen molar-refractivity contribution >= 4 is 5.91 Å². The van der Waals surface area contributed by atoms with Crippen LogP contribution in [0.4, 0.5) is 0 Å². The van der Waals surface area contributed by atoms with Gasteiger partial charge in [-0.1, -0.05) is 18.2 Å². The Morgan fingerprint density at radius 3 is 2.65 bits per heavy atom. The molecular formula is C16H25N3O. The Balaban J connectivity index is 2.10. The minimum absolute atomic E-state index is 0.128. The summed E-state index contributed by atoms with van der Waals surface area (Å²) in [5.41, 5.74) is 7.49. The number of carbonyl (C=O) groups excluding carboxylic acids is 1. The number of benzene rings is 1. The van der Waals surface area contributed by atoms with Crippen LogP contribution in [0, 0.1) is 0 Å². The molecule has 1 aliphatic rings. The van der Waals surface area contributed by atoms with E-state index in [9.17, 15) is 4.79 Å². The highest BCUT2D eigenvalue weighted by molar-refractivity contribution is 5.95. The van der Waals surface area contributed by atoms with E-state index in [1.54, 1.807) is 0 Å². The highest BCUT2D eigenvalue weighted by atomic mass is 16.2. The average Bonchev–Trinajstić information content (AvgIpc) is 2.47. The summed E-state index contributed by atoms with van der Waals surface area (Å²) in [6, 6.07) is 8.17. The second kappa shape index (κ2) is 6.86. The molecule has 0 spiro atoms. The molecule has 1 fully saturated rings. The monoisotopic (exact) mass is 275 g/mol.